The molecule has 0 amide bonds. The molecule has 5 rings (SSSR count). The maximum Gasteiger partial charge on any atom is 0.201 e. The molecule has 0 saturated heterocycles. The van der Waals surface area contributed by atoms with Crippen LogP contribution in [0.5, 0.6) is 5.75 Å². The van der Waals surface area contributed by atoms with E-state index in [1.807, 2.05) is 12.1 Å². The van der Waals surface area contributed by atoms with E-state index >= 15 is 8.78 Å². The first-order valence-electron chi connectivity index (χ1n) is 18.8. The molecule has 1 nitrogen and oxygen atoms in total. The van der Waals surface area contributed by atoms with Crippen LogP contribution in [-0.2, 0) is 0 Å². The first-order chi connectivity index (χ1) is 23.5. The lowest BCUT2D eigenvalue weighted by atomic mass is 9.70. The lowest BCUT2D eigenvalue weighted by Gasteiger charge is -2.35. The highest BCUT2D eigenvalue weighted by atomic mass is 19.2. The summed E-state index contributed by atoms with van der Waals surface area (Å²) < 4.78 is 51.0. The fraction of sp³-hybridized carbons (Fsp3) is 0.500. The van der Waals surface area contributed by atoms with Gasteiger partial charge in [-0.25, -0.2) is 8.78 Å². The molecule has 0 radical (unpaired) electrons. The predicted octanol–water partition coefficient (Wildman–Crippen LogP) is 13.9. The van der Waals surface area contributed by atoms with Gasteiger partial charge in [-0.2, -0.15) is 4.39 Å². The molecular weight excluding hydrogens is 601 g/mol. The van der Waals surface area contributed by atoms with Gasteiger partial charge in [-0.3, -0.25) is 0 Å². The highest BCUT2D eigenvalue weighted by Crippen LogP contribution is 2.42. The Bertz CT molecular complexity index is 1500. The second-order valence-corrected chi connectivity index (χ2v) is 14.2. The van der Waals surface area contributed by atoms with E-state index in [4.69, 9.17) is 4.74 Å². The first-order valence-corrected chi connectivity index (χ1v) is 18.8. The van der Waals surface area contributed by atoms with Gasteiger partial charge >= 0.3 is 0 Å². The van der Waals surface area contributed by atoms with Crippen molar-refractivity contribution in [3.63, 3.8) is 0 Å². The Balaban J connectivity index is 1.14. The number of hydrogen-bond donors (Lipinski definition) is 0. The summed E-state index contributed by atoms with van der Waals surface area (Å²) in [6.07, 6.45) is 26.0. The van der Waals surface area contributed by atoms with Crippen molar-refractivity contribution < 1.29 is 17.9 Å². The molecule has 1 atom stereocenters. The molecule has 0 bridgehead atoms. The van der Waals surface area contributed by atoms with Crippen molar-refractivity contribution in [1.29, 1.82) is 0 Å². The SMILES string of the molecule is CC=CCCC1CCC(C2CC=C(c3ccc(-c4ccc(-c5ccc(OCCCCCCCCC)c(F)c5F)cc4)c(F)c3)CC2)CC1. The summed E-state index contributed by atoms with van der Waals surface area (Å²) >= 11 is 0. The third kappa shape index (κ3) is 9.67. The number of allylic oxidation sites excluding steroid dienone is 4. The van der Waals surface area contributed by atoms with Gasteiger partial charge in [0.05, 0.1) is 6.61 Å². The molecule has 258 valence electrons. The van der Waals surface area contributed by atoms with Gasteiger partial charge in [-0.05, 0) is 117 Å². The maximum atomic E-state index is 15.5. The zero-order valence-corrected chi connectivity index (χ0v) is 29.2. The summed E-state index contributed by atoms with van der Waals surface area (Å²) in [5.74, 6) is 0.272. The molecule has 3 aromatic carbocycles. The molecule has 1 fully saturated rings. The van der Waals surface area contributed by atoms with Crippen molar-refractivity contribution in [2.24, 2.45) is 17.8 Å². The molecular formula is C44H55F3O. The Morgan fingerprint density at radius 3 is 2.04 bits per heavy atom. The molecule has 2 aliphatic rings. The molecule has 0 spiro atoms. The van der Waals surface area contributed by atoms with E-state index in [9.17, 15) is 4.39 Å². The number of benzene rings is 3. The Kier molecular flexibility index (Phi) is 13.9. The van der Waals surface area contributed by atoms with E-state index in [0.29, 0.717) is 23.3 Å². The van der Waals surface area contributed by atoms with E-state index in [1.54, 1.807) is 36.4 Å². The van der Waals surface area contributed by atoms with Crippen LogP contribution in [0.1, 0.15) is 122 Å². The minimum Gasteiger partial charge on any atom is -0.490 e. The summed E-state index contributed by atoms with van der Waals surface area (Å²) in [4.78, 5) is 0. The van der Waals surface area contributed by atoms with Gasteiger partial charge in [-0.1, -0.05) is 113 Å². The van der Waals surface area contributed by atoms with Crippen LogP contribution in [-0.4, -0.2) is 6.61 Å². The predicted molar refractivity (Wildman–Crippen MR) is 195 cm³/mol. The molecule has 2 aliphatic carbocycles. The van der Waals surface area contributed by atoms with E-state index in [0.717, 1.165) is 55.4 Å². The van der Waals surface area contributed by atoms with Crippen molar-refractivity contribution in [1.82, 2.24) is 0 Å². The van der Waals surface area contributed by atoms with Crippen LogP contribution < -0.4 is 4.74 Å². The van der Waals surface area contributed by atoms with E-state index in [-0.39, 0.29) is 17.1 Å². The monoisotopic (exact) mass is 656 g/mol. The lowest BCUT2D eigenvalue weighted by Crippen LogP contribution is -2.23. The number of ether oxygens (including phenoxy) is 1. The minimum atomic E-state index is -0.965. The van der Waals surface area contributed by atoms with E-state index in [1.165, 1.54) is 82.3 Å². The Morgan fingerprint density at radius 1 is 0.708 bits per heavy atom. The second-order valence-electron chi connectivity index (χ2n) is 14.2. The lowest BCUT2D eigenvalue weighted by molar-refractivity contribution is 0.190. The molecule has 1 saturated carbocycles. The van der Waals surface area contributed by atoms with Crippen molar-refractivity contribution in [3.05, 3.63) is 95.8 Å². The normalized spacial score (nSPS) is 19.9. The fourth-order valence-electron chi connectivity index (χ4n) is 7.88. The first kappa shape index (κ1) is 36.0. The quantitative estimate of drug-likeness (QED) is 0.110. The molecule has 48 heavy (non-hydrogen) atoms. The Labute approximate surface area is 287 Å². The van der Waals surface area contributed by atoms with Crippen molar-refractivity contribution in [3.8, 4) is 28.0 Å². The highest BCUT2D eigenvalue weighted by molar-refractivity contribution is 5.74. The average molecular weight is 657 g/mol. The third-order valence-corrected chi connectivity index (χ3v) is 10.9. The number of rotatable bonds is 16. The zero-order chi connectivity index (χ0) is 33.7. The smallest absolute Gasteiger partial charge is 0.201 e. The van der Waals surface area contributed by atoms with Gasteiger partial charge in [0.15, 0.2) is 11.6 Å². The summed E-state index contributed by atoms with van der Waals surface area (Å²) in [7, 11) is 0. The molecule has 1 unspecified atom stereocenters. The van der Waals surface area contributed by atoms with Crippen LogP contribution >= 0.6 is 0 Å². The average Bonchev–Trinajstić information content (AvgIpc) is 3.12. The second kappa shape index (κ2) is 18.5. The van der Waals surface area contributed by atoms with Crippen molar-refractivity contribution in [2.45, 2.75) is 117 Å². The van der Waals surface area contributed by atoms with Crippen LogP contribution in [0, 0.1) is 35.2 Å². The van der Waals surface area contributed by atoms with Gasteiger partial charge in [-0.15, -0.1) is 0 Å². The van der Waals surface area contributed by atoms with Crippen LogP contribution in [0.15, 0.2) is 72.8 Å². The topological polar surface area (TPSA) is 9.23 Å². The summed E-state index contributed by atoms with van der Waals surface area (Å²) in [6.45, 7) is 4.68. The summed E-state index contributed by atoms with van der Waals surface area (Å²) in [5.41, 5.74) is 4.13. The minimum absolute atomic E-state index is 0.0528. The van der Waals surface area contributed by atoms with Gasteiger partial charge in [0.25, 0.3) is 0 Å². The van der Waals surface area contributed by atoms with E-state index in [2.05, 4.69) is 32.1 Å². The maximum absolute atomic E-state index is 15.5. The number of halogens is 3. The highest BCUT2D eigenvalue weighted by Gasteiger charge is 2.28. The van der Waals surface area contributed by atoms with Crippen LogP contribution in [0.3, 0.4) is 0 Å². The zero-order valence-electron chi connectivity index (χ0n) is 29.2. The molecule has 0 heterocycles. The molecule has 0 aliphatic heterocycles. The van der Waals surface area contributed by atoms with Crippen molar-refractivity contribution in [2.75, 3.05) is 6.61 Å². The van der Waals surface area contributed by atoms with Gasteiger partial charge < -0.3 is 4.74 Å². The third-order valence-electron chi connectivity index (χ3n) is 10.9. The Morgan fingerprint density at radius 2 is 1.38 bits per heavy atom. The summed E-state index contributed by atoms with van der Waals surface area (Å²) in [6, 6.07) is 15.6. The van der Waals surface area contributed by atoms with Crippen LogP contribution in [0.4, 0.5) is 13.2 Å². The molecule has 0 aromatic heterocycles. The van der Waals surface area contributed by atoms with Gasteiger partial charge in [0.2, 0.25) is 5.82 Å². The fourth-order valence-corrected chi connectivity index (χ4v) is 7.88. The molecule has 3 aromatic rings. The standard InChI is InChI=1S/C44H55F3O/c1-3-5-7-8-9-10-12-30-48-42-29-28-40(43(46)44(42)47)37-24-22-36(23-25-37)39-27-26-38(31-41(39)45)35-20-18-34(19-21-35)33-16-14-32(15-17-33)13-11-6-4-2/h4,6,20,22-29,31-34H,3,5,7-19,21,30H2,1-2H3. The van der Waals surface area contributed by atoms with Gasteiger partial charge in [0, 0.05) is 11.1 Å². The molecule has 0 N–H and O–H groups in total. The van der Waals surface area contributed by atoms with Crippen LogP contribution in [0.2, 0.25) is 0 Å². The summed E-state index contributed by atoms with van der Waals surface area (Å²) in [5, 5.41) is 0. The largest absolute Gasteiger partial charge is 0.490 e. The van der Waals surface area contributed by atoms with E-state index < -0.39 is 11.6 Å². The number of unbranched alkanes of at least 4 members (excludes halogenated alkanes) is 6. The molecule has 4 heteroatoms. The van der Waals surface area contributed by atoms with Crippen molar-refractivity contribution >= 4 is 5.57 Å². The van der Waals surface area contributed by atoms with Crippen LogP contribution in [0.25, 0.3) is 27.8 Å². The van der Waals surface area contributed by atoms with Gasteiger partial charge in [0.1, 0.15) is 5.82 Å². The Hall–Kier alpha value is -3.27. The number of hydrogen-bond acceptors (Lipinski definition) is 1.